The molecule has 0 radical (unpaired) electrons. The van der Waals surface area contributed by atoms with E-state index in [1.807, 2.05) is 0 Å². The molecule has 3 aromatic carbocycles. The normalized spacial score (nSPS) is 13.8. The van der Waals surface area contributed by atoms with Gasteiger partial charge < -0.3 is 161 Å². The van der Waals surface area contributed by atoms with Crippen molar-refractivity contribution in [2.24, 2.45) is 46.1 Å². The Hall–Kier alpha value is -14.6. The third kappa shape index (κ3) is 46.1. The number of amides is 16. The number of phenols is 1. The molecule has 40 N–H and O–H groups in total. The first-order chi connectivity index (χ1) is 69.0. The molecule has 0 spiro atoms. The molecule has 51 nitrogen and oxygen atoms in total. The second-order valence-electron chi connectivity index (χ2n) is 34.8. The number of para-hydroxylation sites is 2. The second-order valence-corrected chi connectivity index (χ2v) is 36.9. The van der Waals surface area contributed by atoms with Crippen molar-refractivity contribution in [3.63, 3.8) is 0 Å². The van der Waals surface area contributed by atoms with Gasteiger partial charge in [0.05, 0.1) is 18.5 Å². The fourth-order valence-electron chi connectivity index (χ4n) is 14.9. The molecule has 0 bridgehead atoms. The number of nitrogens with two attached hydrogens (primary N) is 7. The van der Waals surface area contributed by atoms with Crippen LogP contribution in [0.3, 0.4) is 0 Å². The Morgan fingerprint density at radius 1 is 0.386 bits per heavy atom. The van der Waals surface area contributed by atoms with Gasteiger partial charge in [-0.2, -0.15) is 11.8 Å². The topological polar surface area (TPSA) is 870 Å². The number of aromatic hydroxyl groups is 1. The number of rotatable bonds is 70. The van der Waals surface area contributed by atoms with Crippen molar-refractivity contribution in [3.05, 3.63) is 102 Å². The van der Waals surface area contributed by atoms with Crippen LogP contribution in [0.15, 0.2) is 85.2 Å². The molecule has 0 aliphatic carbocycles. The molecular formula is C92H142N30O21S2. The lowest BCUT2D eigenvalue weighted by Crippen LogP contribution is -2.61. The number of fused-ring (bicyclic) bond motifs is 2. The molecule has 5 aromatic rings. The highest BCUT2D eigenvalue weighted by molar-refractivity contribution is 7.99. The van der Waals surface area contributed by atoms with E-state index in [0.717, 1.165) is 11.8 Å². The van der Waals surface area contributed by atoms with E-state index in [1.165, 1.54) is 43.0 Å². The van der Waals surface area contributed by atoms with Crippen molar-refractivity contribution in [2.75, 3.05) is 69.5 Å². The van der Waals surface area contributed by atoms with Crippen LogP contribution in [0.25, 0.3) is 21.8 Å². The van der Waals surface area contributed by atoms with E-state index in [2.05, 4.69) is 106 Å². The quantitative estimate of drug-likeness (QED) is 0.00748. The third-order valence-corrected chi connectivity index (χ3v) is 24.2. The minimum absolute atomic E-state index is 0.00202. The van der Waals surface area contributed by atoms with Crippen LogP contribution in [-0.4, -0.2) is 298 Å². The van der Waals surface area contributed by atoms with E-state index < -0.39 is 235 Å². The highest BCUT2D eigenvalue weighted by Gasteiger charge is 2.39. The zero-order chi connectivity index (χ0) is 107. The molecule has 0 unspecified atom stereocenters. The SMILES string of the molecule is CSCC[C@H](NC(=O)[C@H](CCCNC(=N)N)NC(=O)[C@H](Cc1c[nH]c2ccccc12)NC(=O)[C@H](CCC(N)=O)NC(=O)[C@H](Cc1c[nH]c2ccccc12)NC(=O)[C@H](CCCNC(=N)N)NC(=O)[C@H](CC(C)C)NC(=O)[C@H](CSCNC(C)=O)NC(=O)[C@H](CCCCN)NC(=O)[C@@H](N)CCC(=O)O)C(=O)N[C@@H](CCCNC(=N)N)C(=O)N[C@@H](CCCCN)C(=O)N[C@@H](Cc1ccc(O)cc1)C(=O)NCC(=O)NCC(=O)O. The number of carbonyl (C=O) groups excluding carboxylic acids is 16. The van der Waals surface area contributed by atoms with Gasteiger partial charge in [-0.05, 0) is 175 Å². The molecule has 145 heavy (non-hydrogen) atoms. The Kier molecular flexibility index (Phi) is 54.0. The van der Waals surface area contributed by atoms with Crippen molar-refractivity contribution in [1.29, 1.82) is 16.2 Å². The molecular weight excluding hydrogens is 1930 g/mol. The van der Waals surface area contributed by atoms with Crippen LogP contribution >= 0.6 is 23.5 Å². The number of unbranched alkanes of at least 4 members (excludes halogenated alkanes) is 2. The second kappa shape index (κ2) is 64.8. The Bertz CT molecular complexity index is 5200. The standard InChI is InChI=1S/C92H142N30O21S2/c1-50(2)40-68(118-89(143)72(48-145-49-110-51(3)123)122-83(137)61(20-9-11-34-93)111-77(131)58(95)29-32-75(127)128)86(140)114-65(24-15-38-105-92(101)102)82(136)120-71(43-54-45-107-60-19-8-6-17-57(54)60)88(142)116-66(30-31-73(96)125)84(138)121-70(42-53-44-106-59-18-7-5-16-56(53)59)87(141)115-64(23-14-37-104-91(99)100)80(134)117-67(33-39-144-4)85(139)113-63(22-13-36-103-90(97)98)79(133)112-62(21-10-12-35-94)81(135)119-69(41-52-25-27-55(124)28-26-52)78(132)109-46-74(126)108-47-76(129)130/h5-8,16-19,25-28,44-45,50,58,61-72,106-107,124H,9-15,20-24,29-43,46-49,93-95H2,1-4H3,(H2,96,125)(H,108,126)(H,109,132)(H,110,123)(H,111,131)(H,112,133)(H,113,139)(H,114,140)(H,115,141)(H,116,142)(H,117,134)(H,118,143)(H,119,135)(H,120,136)(H,121,138)(H,122,137)(H,127,128)(H,129,130)(H4,97,98,103)(H4,99,100,104)(H4,101,102,105)/t58-,61-,62-,63-,64-,65-,66-,67-,68-,69-,70-,71-,72-/m0/s1. The molecule has 16 amide bonds. The summed E-state index contributed by atoms with van der Waals surface area (Å²) in [6.45, 7) is 3.46. The predicted molar refractivity (Wildman–Crippen MR) is 543 cm³/mol. The lowest BCUT2D eigenvalue weighted by molar-refractivity contribution is -0.138. The summed E-state index contributed by atoms with van der Waals surface area (Å²) in [5.41, 5.74) is 42.8. The summed E-state index contributed by atoms with van der Waals surface area (Å²) in [5.74, 6) is -19.5. The molecule has 0 aliphatic rings. The zero-order valence-electron chi connectivity index (χ0n) is 81.6. The summed E-state index contributed by atoms with van der Waals surface area (Å²) in [5, 5.41) is 100. The van der Waals surface area contributed by atoms with Gasteiger partial charge in [-0.1, -0.05) is 62.4 Å². The number of aromatic amines is 2. The lowest BCUT2D eigenvalue weighted by Gasteiger charge is -2.29. The number of carboxylic acids is 2. The number of thioether (sulfide) groups is 2. The Morgan fingerprint density at radius 3 is 1.14 bits per heavy atom. The number of aromatic nitrogens is 2. The fourth-order valence-corrected chi connectivity index (χ4v) is 16.3. The van der Waals surface area contributed by atoms with Gasteiger partial charge in [0, 0.05) is 98.6 Å². The summed E-state index contributed by atoms with van der Waals surface area (Å²) in [6, 6.07) is -0.867. The molecule has 0 fully saturated rings. The van der Waals surface area contributed by atoms with Gasteiger partial charge in [-0.15, -0.1) is 11.8 Å². The van der Waals surface area contributed by atoms with Gasteiger partial charge in [0.2, 0.25) is 94.5 Å². The fraction of sp³-hybridized carbons (Fsp3) is 0.533. The smallest absolute Gasteiger partial charge is 0.322 e. The molecule has 2 aromatic heterocycles. The number of guanidine groups is 3. The number of nitrogens with one attached hydrogen (secondary N) is 23. The number of hydrogen-bond acceptors (Lipinski definition) is 27. The van der Waals surface area contributed by atoms with Crippen LogP contribution in [0.1, 0.15) is 153 Å². The maximum absolute atomic E-state index is 15.6. The highest BCUT2D eigenvalue weighted by atomic mass is 32.2. The Labute approximate surface area is 846 Å². The van der Waals surface area contributed by atoms with Crippen molar-refractivity contribution in [1.82, 2.24) is 106 Å². The summed E-state index contributed by atoms with van der Waals surface area (Å²) in [6.07, 6.45) is 2.15. The molecule has 53 heteroatoms. The van der Waals surface area contributed by atoms with Crippen LogP contribution in [0.4, 0.5) is 0 Å². The average molecular weight is 2070 g/mol. The highest BCUT2D eigenvalue weighted by Crippen LogP contribution is 2.24. The number of carbonyl (C=O) groups is 18. The summed E-state index contributed by atoms with van der Waals surface area (Å²) < 4.78 is 0. The molecule has 0 saturated heterocycles. The third-order valence-electron chi connectivity index (χ3n) is 22.6. The largest absolute Gasteiger partial charge is 0.508 e. The van der Waals surface area contributed by atoms with Crippen molar-refractivity contribution in [3.8, 4) is 5.75 Å². The van der Waals surface area contributed by atoms with Crippen LogP contribution in [0.5, 0.6) is 5.75 Å². The monoisotopic (exact) mass is 2070 g/mol. The predicted octanol–water partition coefficient (Wildman–Crippen LogP) is -5.35. The van der Waals surface area contributed by atoms with Gasteiger partial charge in [-0.25, -0.2) is 0 Å². The summed E-state index contributed by atoms with van der Waals surface area (Å²) in [7, 11) is 0. The van der Waals surface area contributed by atoms with Gasteiger partial charge in [0.25, 0.3) is 0 Å². The number of carboxylic acid groups (broad SMARTS) is 2. The minimum atomic E-state index is -1.82. The van der Waals surface area contributed by atoms with Crippen molar-refractivity contribution >= 4 is 170 Å². The van der Waals surface area contributed by atoms with E-state index in [-0.39, 0.29) is 158 Å². The maximum Gasteiger partial charge on any atom is 0.322 e. The first-order valence-electron chi connectivity index (χ1n) is 47.5. The van der Waals surface area contributed by atoms with Crippen LogP contribution in [-0.2, 0) is 106 Å². The molecule has 798 valence electrons. The number of aliphatic carboxylic acids is 2. The number of H-pyrrole nitrogens is 2. The first-order valence-corrected chi connectivity index (χ1v) is 50.0. The average Bonchev–Trinajstić information content (AvgIpc) is 1.68. The van der Waals surface area contributed by atoms with Crippen LogP contribution in [0, 0.1) is 22.1 Å². The first kappa shape index (κ1) is 121. The molecule has 5 rings (SSSR count). The molecule has 0 aliphatic heterocycles. The van der Waals surface area contributed by atoms with E-state index in [1.54, 1.807) is 81.0 Å². The zero-order valence-corrected chi connectivity index (χ0v) is 83.3. The van der Waals surface area contributed by atoms with Gasteiger partial charge in [0.15, 0.2) is 17.9 Å². The van der Waals surface area contributed by atoms with Crippen molar-refractivity contribution in [2.45, 2.75) is 234 Å². The van der Waals surface area contributed by atoms with Crippen LogP contribution in [0.2, 0.25) is 0 Å². The van der Waals surface area contributed by atoms with E-state index >= 15 is 33.6 Å². The van der Waals surface area contributed by atoms with E-state index in [9.17, 15) is 63.0 Å². The molecule has 0 saturated carbocycles. The summed E-state index contributed by atoms with van der Waals surface area (Å²) >= 11 is 2.26. The Balaban J connectivity index is 1.55. The number of hydrogen-bond donors (Lipinski definition) is 33. The summed E-state index contributed by atoms with van der Waals surface area (Å²) in [4.78, 5) is 260. The van der Waals surface area contributed by atoms with Crippen LogP contribution < -0.4 is 136 Å². The Morgan fingerprint density at radius 2 is 0.752 bits per heavy atom. The minimum Gasteiger partial charge on any atom is -0.508 e. The van der Waals surface area contributed by atoms with Gasteiger partial charge >= 0.3 is 11.9 Å². The molecule has 13 atom stereocenters. The maximum atomic E-state index is 15.6. The number of primary amides is 1. The van der Waals surface area contributed by atoms with Gasteiger partial charge in [-0.3, -0.25) is 103 Å². The van der Waals surface area contributed by atoms with Gasteiger partial charge in [0.1, 0.15) is 84.8 Å². The van der Waals surface area contributed by atoms with E-state index in [4.69, 9.17) is 61.5 Å². The number of benzene rings is 3. The lowest BCUT2D eigenvalue weighted by atomic mass is 10.00. The number of phenolic OH excluding ortho intramolecular Hbond substituents is 1. The van der Waals surface area contributed by atoms with E-state index in [0.29, 0.717) is 57.8 Å². The van der Waals surface area contributed by atoms with Crippen molar-refractivity contribution < 1.29 is 102 Å². The molecule has 2 heterocycles.